The molecular formula is C12H19ClN2. The molecule has 3 heteroatoms. The second-order valence-electron chi connectivity index (χ2n) is 3.86. The van der Waals surface area contributed by atoms with Gasteiger partial charge in [0.25, 0.3) is 0 Å². The van der Waals surface area contributed by atoms with Crippen LogP contribution in [0.3, 0.4) is 0 Å². The van der Waals surface area contributed by atoms with Crippen molar-refractivity contribution < 1.29 is 0 Å². The van der Waals surface area contributed by atoms with Crippen LogP contribution < -0.4 is 11.5 Å². The standard InChI is InChI=1S/C12H19ClN2/c1-9-5-4-6-10(13)12(9)11(15)7-2-3-8-14/h4-6,11H,2-3,7-8,14-15H2,1H3/t11-/m1/s1. The molecule has 0 unspecified atom stereocenters. The lowest BCUT2D eigenvalue weighted by Gasteiger charge is -2.16. The number of nitrogens with two attached hydrogens (primary N) is 2. The van der Waals surface area contributed by atoms with Gasteiger partial charge in [0, 0.05) is 11.1 Å². The fourth-order valence-electron chi connectivity index (χ4n) is 1.77. The molecular weight excluding hydrogens is 208 g/mol. The summed E-state index contributed by atoms with van der Waals surface area (Å²) in [5.41, 5.74) is 13.8. The number of hydrogen-bond acceptors (Lipinski definition) is 2. The number of halogens is 1. The van der Waals surface area contributed by atoms with E-state index in [4.69, 9.17) is 23.1 Å². The molecule has 0 amide bonds. The molecule has 2 nitrogen and oxygen atoms in total. The van der Waals surface area contributed by atoms with E-state index >= 15 is 0 Å². The molecule has 0 fully saturated rings. The highest BCUT2D eigenvalue weighted by molar-refractivity contribution is 6.31. The van der Waals surface area contributed by atoms with Crippen molar-refractivity contribution in [2.24, 2.45) is 11.5 Å². The lowest BCUT2D eigenvalue weighted by molar-refractivity contribution is 0.589. The Hall–Kier alpha value is -0.570. The lowest BCUT2D eigenvalue weighted by atomic mass is 9.97. The Morgan fingerprint density at radius 1 is 1.33 bits per heavy atom. The van der Waals surface area contributed by atoms with E-state index in [-0.39, 0.29) is 6.04 Å². The van der Waals surface area contributed by atoms with Crippen LogP contribution in [0.4, 0.5) is 0 Å². The summed E-state index contributed by atoms with van der Waals surface area (Å²) in [6.45, 7) is 2.78. The molecule has 4 N–H and O–H groups in total. The monoisotopic (exact) mass is 226 g/mol. The van der Waals surface area contributed by atoms with Crippen LogP contribution in [0.15, 0.2) is 18.2 Å². The zero-order valence-corrected chi connectivity index (χ0v) is 9.93. The Bertz CT molecular complexity index is 292. The maximum absolute atomic E-state index is 6.13. The van der Waals surface area contributed by atoms with E-state index in [9.17, 15) is 0 Å². The summed E-state index contributed by atoms with van der Waals surface area (Å²) in [5.74, 6) is 0. The molecule has 1 aromatic carbocycles. The molecule has 15 heavy (non-hydrogen) atoms. The molecule has 0 radical (unpaired) electrons. The van der Waals surface area contributed by atoms with Crippen molar-refractivity contribution in [2.45, 2.75) is 32.2 Å². The first-order valence-corrected chi connectivity index (χ1v) is 5.75. The second kappa shape index (κ2) is 6.11. The van der Waals surface area contributed by atoms with Gasteiger partial charge >= 0.3 is 0 Å². The quantitative estimate of drug-likeness (QED) is 0.759. The molecule has 0 aliphatic carbocycles. The fourth-order valence-corrected chi connectivity index (χ4v) is 2.13. The van der Waals surface area contributed by atoms with Gasteiger partial charge in [-0.2, -0.15) is 0 Å². The van der Waals surface area contributed by atoms with E-state index in [0.29, 0.717) is 0 Å². The maximum atomic E-state index is 6.13. The molecule has 0 aliphatic rings. The van der Waals surface area contributed by atoms with Crippen molar-refractivity contribution in [3.05, 3.63) is 34.3 Å². The first kappa shape index (κ1) is 12.5. The minimum absolute atomic E-state index is 0.0326. The Kier molecular flexibility index (Phi) is 5.09. The van der Waals surface area contributed by atoms with Gasteiger partial charge in [0.15, 0.2) is 0 Å². The molecule has 0 aromatic heterocycles. The van der Waals surface area contributed by atoms with Gasteiger partial charge in [-0.05, 0) is 43.5 Å². The number of aryl methyl sites for hydroxylation is 1. The van der Waals surface area contributed by atoms with Crippen molar-refractivity contribution >= 4 is 11.6 Å². The van der Waals surface area contributed by atoms with E-state index in [1.165, 1.54) is 5.56 Å². The Morgan fingerprint density at radius 2 is 2.07 bits per heavy atom. The van der Waals surface area contributed by atoms with Gasteiger partial charge in [0.1, 0.15) is 0 Å². The van der Waals surface area contributed by atoms with E-state index in [1.54, 1.807) is 0 Å². The summed E-state index contributed by atoms with van der Waals surface area (Å²) in [5, 5.41) is 0.773. The smallest absolute Gasteiger partial charge is 0.0456 e. The maximum Gasteiger partial charge on any atom is 0.0456 e. The normalized spacial score (nSPS) is 12.8. The number of unbranched alkanes of at least 4 members (excludes halogenated alkanes) is 1. The largest absolute Gasteiger partial charge is 0.330 e. The summed E-state index contributed by atoms with van der Waals surface area (Å²) in [6, 6.07) is 5.93. The van der Waals surface area contributed by atoms with E-state index in [2.05, 4.69) is 0 Å². The molecule has 0 spiro atoms. The van der Waals surface area contributed by atoms with Gasteiger partial charge in [-0.3, -0.25) is 0 Å². The summed E-state index contributed by atoms with van der Waals surface area (Å²) >= 11 is 6.13. The number of rotatable bonds is 5. The van der Waals surface area contributed by atoms with Crippen LogP contribution in [0.2, 0.25) is 5.02 Å². The predicted molar refractivity (Wildman–Crippen MR) is 66.0 cm³/mol. The van der Waals surface area contributed by atoms with Crippen molar-refractivity contribution in [2.75, 3.05) is 6.54 Å². The molecule has 1 atom stereocenters. The Labute approximate surface area is 96.6 Å². The summed E-state index contributed by atoms with van der Waals surface area (Å²) in [4.78, 5) is 0. The van der Waals surface area contributed by atoms with Gasteiger partial charge in [-0.25, -0.2) is 0 Å². The van der Waals surface area contributed by atoms with Crippen molar-refractivity contribution in [3.8, 4) is 0 Å². The third kappa shape index (κ3) is 3.49. The predicted octanol–water partition coefficient (Wildman–Crippen LogP) is 2.78. The molecule has 0 saturated heterocycles. The van der Waals surface area contributed by atoms with E-state index < -0.39 is 0 Å². The van der Waals surface area contributed by atoms with Gasteiger partial charge in [-0.1, -0.05) is 30.2 Å². The molecule has 0 heterocycles. The zero-order chi connectivity index (χ0) is 11.3. The first-order chi connectivity index (χ1) is 7.16. The number of benzene rings is 1. The van der Waals surface area contributed by atoms with Gasteiger partial charge in [0.05, 0.1) is 0 Å². The number of hydrogen-bond donors (Lipinski definition) is 2. The SMILES string of the molecule is Cc1cccc(Cl)c1[C@H](N)CCCCN. The van der Waals surface area contributed by atoms with Gasteiger partial charge in [0.2, 0.25) is 0 Å². The van der Waals surface area contributed by atoms with Crippen molar-refractivity contribution in [3.63, 3.8) is 0 Å². The average molecular weight is 227 g/mol. The lowest BCUT2D eigenvalue weighted by Crippen LogP contribution is -2.13. The second-order valence-corrected chi connectivity index (χ2v) is 4.27. The molecule has 0 saturated carbocycles. The molecule has 1 aromatic rings. The molecule has 84 valence electrons. The fraction of sp³-hybridized carbons (Fsp3) is 0.500. The van der Waals surface area contributed by atoms with Crippen LogP contribution >= 0.6 is 11.6 Å². The Morgan fingerprint density at radius 3 is 2.67 bits per heavy atom. The van der Waals surface area contributed by atoms with Gasteiger partial charge < -0.3 is 11.5 Å². The van der Waals surface area contributed by atoms with Crippen LogP contribution in [0.5, 0.6) is 0 Å². The van der Waals surface area contributed by atoms with Gasteiger partial charge in [-0.15, -0.1) is 0 Å². The van der Waals surface area contributed by atoms with E-state index in [0.717, 1.165) is 36.4 Å². The van der Waals surface area contributed by atoms with Crippen LogP contribution in [-0.2, 0) is 0 Å². The summed E-state index contributed by atoms with van der Waals surface area (Å²) in [6.07, 6.45) is 3.03. The van der Waals surface area contributed by atoms with E-state index in [1.807, 2.05) is 25.1 Å². The highest BCUT2D eigenvalue weighted by atomic mass is 35.5. The summed E-state index contributed by atoms with van der Waals surface area (Å²) < 4.78 is 0. The zero-order valence-electron chi connectivity index (χ0n) is 9.17. The van der Waals surface area contributed by atoms with Crippen LogP contribution in [0, 0.1) is 6.92 Å². The minimum atomic E-state index is 0.0326. The highest BCUT2D eigenvalue weighted by Gasteiger charge is 2.11. The Balaban J connectivity index is 2.68. The molecule has 0 bridgehead atoms. The highest BCUT2D eigenvalue weighted by Crippen LogP contribution is 2.27. The van der Waals surface area contributed by atoms with Crippen molar-refractivity contribution in [1.82, 2.24) is 0 Å². The third-order valence-electron chi connectivity index (χ3n) is 2.61. The van der Waals surface area contributed by atoms with Crippen LogP contribution in [0.25, 0.3) is 0 Å². The van der Waals surface area contributed by atoms with Crippen LogP contribution in [-0.4, -0.2) is 6.54 Å². The molecule has 1 rings (SSSR count). The first-order valence-electron chi connectivity index (χ1n) is 5.37. The third-order valence-corrected chi connectivity index (χ3v) is 2.94. The minimum Gasteiger partial charge on any atom is -0.330 e. The summed E-state index contributed by atoms with van der Waals surface area (Å²) in [7, 11) is 0. The van der Waals surface area contributed by atoms with Crippen molar-refractivity contribution in [1.29, 1.82) is 0 Å². The topological polar surface area (TPSA) is 52.0 Å². The molecule has 0 aliphatic heterocycles. The van der Waals surface area contributed by atoms with Crippen LogP contribution in [0.1, 0.15) is 36.4 Å². The average Bonchev–Trinajstić information content (AvgIpc) is 2.18.